The molecule has 106 valence electrons. The molecule has 6 heteroatoms. The summed E-state index contributed by atoms with van der Waals surface area (Å²) in [7, 11) is 0. The van der Waals surface area contributed by atoms with Crippen LogP contribution in [0.1, 0.15) is 35.4 Å². The van der Waals surface area contributed by atoms with Crippen molar-refractivity contribution in [2.75, 3.05) is 6.61 Å². The van der Waals surface area contributed by atoms with E-state index in [2.05, 4.69) is 4.74 Å². The number of esters is 1. The maximum atomic E-state index is 11.8. The minimum atomic E-state index is -1.79. The number of aliphatic hydroxyl groups is 2. The fraction of sp³-hybridized carbons (Fsp3) is 0.357. The summed E-state index contributed by atoms with van der Waals surface area (Å²) in [4.78, 5) is 23.2. The monoisotopic (exact) mass is 277 g/mol. The zero-order valence-corrected chi connectivity index (χ0v) is 10.9. The number of hydrogen-bond donors (Lipinski definition) is 2. The third-order valence-corrected chi connectivity index (χ3v) is 2.65. The number of carbonyl (C=O) groups is 2. The molecular formula is C14H15NO5. The minimum Gasteiger partial charge on any atom is -0.464 e. The molecule has 2 N–H and O–H groups in total. The summed E-state index contributed by atoms with van der Waals surface area (Å²) in [5, 5.41) is 28.2. The van der Waals surface area contributed by atoms with E-state index in [1.54, 1.807) is 25.1 Å². The van der Waals surface area contributed by atoms with Crippen LogP contribution in [-0.4, -0.2) is 34.7 Å². The highest BCUT2D eigenvalue weighted by Crippen LogP contribution is 2.23. The molecule has 2 unspecified atom stereocenters. The number of carbonyl (C=O) groups excluding carboxylic acids is 2. The Bertz CT molecular complexity index is 535. The molecule has 1 rings (SSSR count). The van der Waals surface area contributed by atoms with Crippen LogP contribution in [0.25, 0.3) is 0 Å². The van der Waals surface area contributed by atoms with Gasteiger partial charge in [-0.25, -0.2) is 4.79 Å². The third kappa shape index (κ3) is 3.63. The first kappa shape index (κ1) is 15.8. The average Bonchev–Trinajstić information content (AvgIpc) is 2.46. The maximum Gasteiger partial charge on any atom is 0.338 e. The molecule has 20 heavy (non-hydrogen) atoms. The van der Waals surface area contributed by atoms with Crippen LogP contribution in [0, 0.1) is 11.3 Å². The topological polar surface area (TPSA) is 108 Å². The number of Topliss-reactive ketones (excluding diaryl/α,β-unsaturated/α-hetero) is 1. The van der Waals surface area contributed by atoms with Crippen LogP contribution in [0.3, 0.4) is 0 Å². The van der Waals surface area contributed by atoms with E-state index in [0.717, 1.165) is 0 Å². The molecule has 0 radical (unpaired) electrons. The average molecular weight is 277 g/mol. The fourth-order valence-electron chi connectivity index (χ4n) is 1.70. The van der Waals surface area contributed by atoms with Gasteiger partial charge < -0.3 is 14.9 Å². The Morgan fingerprint density at radius 1 is 1.35 bits per heavy atom. The lowest BCUT2D eigenvalue weighted by Crippen LogP contribution is -2.30. The second-order valence-electron chi connectivity index (χ2n) is 3.99. The highest BCUT2D eigenvalue weighted by Gasteiger charge is 2.29. The summed E-state index contributed by atoms with van der Waals surface area (Å²) in [6.07, 6.45) is -3.72. The van der Waals surface area contributed by atoms with Gasteiger partial charge in [-0.2, -0.15) is 5.26 Å². The number of nitriles is 1. The van der Waals surface area contributed by atoms with E-state index in [1.165, 1.54) is 12.1 Å². The Balaban J connectivity index is 3.04. The van der Waals surface area contributed by atoms with Gasteiger partial charge in [0.1, 0.15) is 6.10 Å². The van der Waals surface area contributed by atoms with E-state index in [1.807, 2.05) is 0 Å². The Morgan fingerprint density at radius 3 is 2.60 bits per heavy atom. The van der Waals surface area contributed by atoms with Crippen LogP contribution < -0.4 is 0 Å². The van der Waals surface area contributed by atoms with Crippen molar-refractivity contribution < 1.29 is 24.5 Å². The summed E-state index contributed by atoms with van der Waals surface area (Å²) in [5.74, 6) is -1.46. The van der Waals surface area contributed by atoms with Gasteiger partial charge in [-0.05, 0) is 12.5 Å². The van der Waals surface area contributed by atoms with Gasteiger partial charge in [0.25, 0.3) is 0 Å². The number of nitrogens with zero attached hydrogens (tertiary/aromatic N) is 1. The number of hydrogen-bond acceptors (Lipinski definition) is 6. The van der Waals surface area contributed by atoms with Crippen molar-refractivity contribution in [2.45, 2.75) is 25.6 Å². The van der Waals surface area contributed by atoms with E-state index >= 15 is 0 Å². The second kappa shape index (κ2) is 7.38. The van der Waals surface area contributed by atoms with Gasteiger partial charge in [-0.1, -0.05) is 24.3 Å². The molecule has 2 atom stereocenters. The first-order chi connectivity index (χ1) is 9.52. The zero-order chi connectivity index (χ0) is 15.1. The maximum absolute atomic E-state index is 11.8. The summed E-state index contributed by atoms with van der Waals surface area (Å²) in [6.45, 7) is 1.64. The van der Waals surface area contributed by atoms with E-state index in [9.17, 15) is 19.8 Å². The lowest BCUT2D eigenvalue weighted by Gasteiger charge is -2.18. The molecule has 1 aromatic rings. The second-order valence-corrected chi connectivity index (χ2v) is 3.99. The molecular weight excluding hydrogens is 262 g/mol. The normalized spacial score (nSPS) is 13.1. The Kier molecular flexibility index (Phi) is 5.84. The molecule has 0 bridgehead atoms. The number of benzene rings is 1. The summed E-state index contributed by atoms with van der Waals surface area (Å²) >= 11 is 0. The van der Waals surface area contributed by atoms with Gasteiger partial charge in [0.2, 0.25) is 0 Å². The first-order valence-electron chi connectivity index (χ1n) is 6.04. The van der Waals surface area contributed by atoms with Crippen LogP contribution in [0.15, 0.2) is 24.3 Å². The number of ketones is 1. The number of rotatable bonds is 6. The van der Waals surface area contributed by atoms with Crippen molar-refractivity contribution in [3.8, 4) is 6.07 Å². The Labute approximate surface area is 116 Å². The van der Waals surface area contributed by atoms with Gasteiger partial charge in [-0.3, -0.25) is 4.79 Å². The molecule has 0 spiro atoms. The lowest BCUT2D eigenvalue weighted by molar-refractivity contribution is -0.159. The van der Waals surface area contributed by atoms with Crippen LogP contribution in [0.5, 0.6) is 0 Å². The highest BCUT2D eigenvalue weighted by atomic mass is 16.5. The SMILES string of the molecule is CCOC(=O)C(O)C(O)c1ccccc1C(=O)CC#N. The minimum absolute atomic E-state index is 0.0671. The van der Waals surface area contributed by atoms with Gasteiger partial charge in [0.05, 0.1) is 19.1 Å². The molecule has 0 saturated carbocycles. The van der Waals surface area contributed by atoms with E-state index in [0.29, 0.717) is 0 Å². The Morgan fingerprint density at radius 2 is 2.00 bits per heavy atom. The van der Waals surface area contributed by atoms with Crippen molar-refractivity contribution in [3.05, 3.63) is 35.4 Å². The molecule has 0 saturated heterocycles. The van der Waals surface area contributed by atoms with Crippen LogP contribution in [0.4, 0.5) is 0 Å². The van der Waals surface area contributed by atoms with E-state index < -0.39 is 24.0 Å². The summed E-state index contributed by atoms with van der Waals surface area (Å²) in [6, 6.07) is 7.68. The highest BCUT2D eigenvalue weighted by molar-refractivity contribution is 5.99. The standard InChI is InChI=1S/C14H15NO5/c1-2-20-14(19)13(18)12(17)10-6-4-3-5-9(10)11(16)7-8-15/h3-6,12-13,17-18H,2,7H2,1H3. The van der Waals surface area contributed by atoms with Crippen molar-refractivity contribution in [3.63, 3.8) is 0 Å². The van der Waals surface area contributed by atoms with Crippen LogP contribution in [-0.2, 0) is 9.53 Å². The molecule has 0 heterocycles. The predicted molar refractivity (Wildman–Crippen MR) is 68.6 cm³/mol. The largest absolute Gasteiger partial charge is 0.464 e. The number of aliphatic hydroxyl groups excluding tert-OH is 2. The van der Waals surface area contributed by atoms with Gasteiger partial charge in [0, 0.05) is 5.56 Å². The van der Waals surface area contributed by atoms with Crippen molar-refractivity contribution >= 4 is 11.8 Å². The van der Waals surface area contributed by atoms with Crippen molar-refractivity contribution in [1.82, 2.24) is 0 Å². The number of ether oxygens (including phenoxy) is 1. The molecule has 1 aromatic carbocycles. The van der Waals surface area contributed by atoms with Crippen LogP contribution >= 0.6 is 0 Å². The van der Waals surface area contributed by atoms with E-state index in [-0.39, 0.29) is 24.2 Å². The fourth-order valence-corrected chi connectivity index (χ4v) is 1.70. The first-order valence-corrected chi connectivity index (χ1v) is 6.04. The van der Waals surface area contributed by atoms with Gasteiger partial charge >= 0.3 is 5.97 Å². The predicted octanol–water partition coefficient (Wildman–Crippen LogP) is 0.740. The molecule has 0 fully saturated rings. The molecule has 0 aliphatic carbocycles. The molecule has 0 aliphatic rings. The molecule has 0 aliphatic heterocycles. The van der Waals surface area contributed by atoms with Gasteiger partial charge in [0.15, 0.2) is 11.9 Å². The molecule has 6 nitrogen and oxygen atoms in total. The Hall–Kier alpha value is -2.23. The van der Waals surface area contributed by atoms with Crippen molar-refractivity contribution in [2.24, 2.45) is 0 Å². The van der Waals surface area contributed by atoms with E-state index in [4.69, 9.17) is 5.26 Å². The molecule has 0 aromatic heterocycles. The lowest BCUT2D eigenvalue weighted by atomic mass is 9.95. The molecule has 0 amide bonds. The quantitative estimate of drug-likeness (QED) is 0.586. The smallest absolute Gasteiger partial charge is 0.338 e. The van der Waals surface area contributed by atoms with Crippen LogP contribution in [0.2, 0.25) is 0 Å². The van der Waals surface area contributed by atoms with Gasteiger partial charge in [-0.15, -0.1) is 0 Å². The zero-order valence-electron chi connectivity index (χ0n) is 10.9. The summed E-state index contributed by atoms with van der Waals surface area (Å²) < 4.78 is 4.61. The third-order valence-electron chi connectivity index (χ3n) is 2.65. The summed E-state index contributed by atoms with van der Waals surface area (Å²) in [5.41, 5.74) is 0.193. The van der Waals surface area contributed by atoms with Crippen molar-refractivity contribution in [1.29, 1.82) is 5.26 Å².